The van der Waals surface area contributed by atoms with Gasteiger partial charge in [0.15, 0.2) is 5.78 Å². The van der Waals surface area contributed by atoms with Gasteiger partial charge in [0.1, 0.15) is 5.82 Å². The van der Waals surface area contributed by atoms with Gasteiger partial charge < -0.3 is 4.90 Å². The van der Waals surface area contributed by atoms with Gasteiger partial charge in [0.25, 0.3) is 0 Å². The van der Waals surface area contributed by atoms with Crippen molar-refractivity contribution in [1.82, 2.24) is 4.98 Å². The molecule has 0 aliphatic carbocycles. The molecule has 0 atom stereocenters. The Labute approximate surface area is 111 Å². The summed E-state index contributed by atoms with van der Waals surface area (Å²) in [5.41, 5.74) is 1.03. The Morgan fingerprint density at radius 2 is 1.89 bits per heavy atom. The maximum absolute atomic E-state index is 12.2. The minimum Gasteiger partial charge on any atom is -0.363 e. The van der Waals surface area contributed by atoms with Gasteiger partial charge in [-0.1, -0.05) is 23.7 Å². The van der Waals surface area contributed by atoms with E-state index >= 15 is 0 Å². The second-order valence-electron chi connectivity index (χ2n) is 4.11. The average Bonchev–Trinajstić information content (AvgIpc) is 2.38. The molecule has 0 amide bonds. The molecule has 2 aromatic rings. The van der Waals surface area contributed by atoms with Gasteiger partial charge in [-0.3, -0.25) is 4.79 Å². The van der Waals surface area contributed by atoms with Crippen LogP contribution in [0.5, 0.6) is 0 Å². The van der Waals surface area contributed by atoms with Crippen molar-refractivity contribution in [2.75, 3.05) is 19.0 Å². The third kappa shape index (κ3) is 2.51. The Hall–Kier alpha value is -1.87. The summed E-state index contributed by atoms with van der Waals surface area (Å²) in [6, 6.07) is 10.6. The summed E-state index contributed by atoms with van der Waals surface area (Å²) in [4.78, 5) is 18.3. The Bertz CT molecular complexity index is 564. The van der Waals surface area contributed by atoms with E-state index in [-0.39, 0.29) is 5.78 Å². The van der Waals surface area contributed by atoms with Crippen molar-refractivity contribution in [2.24, 2.45) is 0 Å². The van der Waals surface area contributed by atoms with E-state index in [1.807, 2.05) is 25.1 Å². The Morgan fingerprint density at radius 3 is 2.44 bits per heavy atom. The van der Waals surface area contributed by atoms with Crippen LogP contribution in [0.25, 0.3) is 0 Å². The van der Waals surface area contributed by atoms with Gasteiger partial charge in [0.05, 0.1) is 5.02 Å². The van der Waals surface area contributed by atoms with E-state index in [9.17, 15) is 4.79 Å². The molecule has 0 aliphatic heterocycles. The first-order chi connectivity index (χ1) is 8.59. The van der Waals surface area contributed by atoms with Gasteiger partial charge in [-0.15, -0.1) is 0 Å². The summed E-state index contributed by atoms with van der Waals surface area (Å²) in [5, 5.41) is 0.458. The number of rotatable bonds is 3. The van der Waals surface area contributed by atoms with Crippen LogP contribution in [0.15, 0.2) is 42.6 Å². The van der Waals surface area contributed by atoms with Gasteiger partial charge in [-0.25, -0.2) is 4.98 Å². The lowest BCUT2D eigenvalue weighted by atomic mass is 10.1. The number of carbonyl (C=O) groups is 1. The Balaban J connectivity index is 2.32. The molecule has 0 saturated carbocycles. The van der Waals surface area contributed by atoms with Crippen LogP contribution in [0.4, 0.5) is 5.82 Å². The molecule has 0 aliphatic rings. The quantitative estimate of drug-likeness (QED) is 0.796. The van der Waals surface area contributed by atoms with Gasteiger partial charge >= 0.3 is 0 Å². The lowest BCUT2D eigenvalue weighted by Crippen LogP contribution is -2.11. The number of pyridine rings is 1. The van der Waals surface area contributed by atoms with Gasteiger partial charge in [-0.05, 0) is 24.3 Å². The number of aromatic nitrogens is 1. The van der Waals surface area contributed by atoms with E-state index in [1.165, 1.54) is 0 Å². The predicted molar refractivity (Wildman–Crippen MR) is 73.4 cm³/mol. The fourth-order valence-corrected chi connectivity index (χ4v) is 1.81. The number of hydrogen-bond donors (Lipinski definition) is 0. The summed E-state index contributed by atoms with van der Waals surface area (Å²) in [5.74, 6) is 0.698. The van der Waals surface area contributed by atoms with Crippen LogP contribution in [0.2, 0.25) is 5.02 Å². The highest BCUT2D eigenvalue weighted by Crippen LogP contribution is 2.19. The molecule has 0 bridgehead atoms. The number of nitrogens with zero attached hydrogens (tertiary/aromatic N) is 2. The summed E-state index contributed by atoms with van der Waals surface area (Å²) < 4.78 is 0. The highest BCUT2D eigenvalue weighted by molar-refractivity contribution is 6.34. The summed E-state index contributed by atoms with van der Waals surface area (Å²) in [7, 11) is 3.80. The zero-order chi connectivity index (χ0) is 13.1. The second kappa shape index (κ2) is 5.19. The zero-order valence-electron chi connectivity index (χ0n) is 10.2. The number of benzene rings is 1. The molecule has 3 nitrogen and oxygen atoms in total. The molecule has 1 heterocycles. The molecule has 2 rings (SSSR count). The highest BCUT2D eigenvalue weighted by Gasteiger charge is 2.12. The van der Waals surface area contributed by atoms with Crippen LogP contribution in [-0.4, -0.2) is 24.9 Å². The van der Waals surface area contributed by atoms with Crippen LogP contribution in [0.3, 0.4) is 0 Å². The lowest BCUT2D eigenvalue weighted by Gasteiger charge is -2.11. The molecule has 0 unspecified atom stereocenters. The van der Waals surface area contributed by atoms with Crippen LogP contribution >= 0.6 is 11.6 Å². The maximum atomic E-state index is 12.2. The highest BCUT2D eigenvalue weighted by atomic mass is 35.5. The first-order valence-electron chi connectivity index (χ1n) is 5.52. The normalized spacial score (nSPS) is 10.2. The van der Waals surface area contributed by atoms with E-state index in [1.54, 1.807) is 36.5 Å². The average molecular weight is 261 g/mol. The van der Waals surface area contributed by atoms with Crippen molar-refractivity contribution in [1.29, 1.82) is 0 Å². The topological polar surface area (TPSA) is 33.2 Å². The summed E-state index contributed by atoms with van der Waals surface area (Å²) in [6.07, 6.45) is 1.57. The number of halogens is 1. The fraction of sp³-hybridized carbons (Fsp3) is 0.143. The molecular weight excluding hydrogens is 248 g/mol. The van der Waals surface area contributed by atoms with E-state index in [2.05, 4.69) is 4.98 Å². The third-order valence-corrected chi connectivity index (χ3v) is 2.92. The molecule has 1 aromatic carbocycles. The van der Waals surface area contributed by atoms with Crippen molar-refractivity contribution in [3.8, 4) is 0 Å². The molecule has 0 N–H and O–H groups in total. The van der Waals surface area contributed by atoms with Gasteiger partial charge in [-0.2, -0.15) is 0 Å². The van der Waals surface area contributed by atoms with E-state index < -0.39 is 0 Å². The molecule has 0 saturated heterocycles. The molecule has 18 heavy (non-hydrogen) atoms. The zero-order valence-corrected chi connectivity index (χ0v) is 11.0. The number of anilines is 1. The monoisotopic (exact) mass is 260 g/mol. The minimum atomic E-state index is -0.113. The van der Waals surface area contributed by atoms with Gasteiger partial charge in [0, 0.05) is 31.4 Å². The Kier molecular flexibility index (Phi) is 3.63. The molecule has 92 valence electrons. The minimum absolute atomic E-state index is 0.113. The Morgan fingerprint density at radius 1 is 1.17 bits per heavy atom. The van der Waals surface area contributed by atoms with Crippen LogP contribution in [-0.2, 0) is 0 Å². The standard InChI is InChI=1S/C14H13ClN2O/c1-17(2)13-8-7-10(9-16-13)14(18)11-5-3-4-6-12(11)15/h3-9H,1-2H3. The first kappa shape index (κ1) is 12.6. The number of ketones is 1. The third-order valence-electron chi connectivity index (χ3n) is 2.59. The largest absolute Gasteiger partial charge is 0.363 e. The predicted octanol–water partition coefficient (Wildman–Crippen LogP) is 3.03. The van der Waals surface area contributed by atoms with Crippen molar-refractivity contribution in [3.05, 3.63) is 58.7 Å². The number of carbonyl (C=O) groups excluding carboxylic acids is 1. The van der Waals surface area contributed by atoms with Crippen molar-refractivity contribution in [3.63, 3.8) is 0 Å². The van der Waals surface area contributed by atoms with Crippen molar-refractivity contribution >= 4 is 23.2 Å². The van der Waals surface area contributed by atoms with E-state index in [4.69, 9.17) is 11.6 Å². The fourth-order valence-electron chi connectivity index (χ4n) is 1.59. The van der Waals surface area contributed by atoms with Crippen molar-refractivity contribution in [2.45, 2.75) is 0 Å². The summed E-state index contributed by atoms with van der Waals surface area (Å²) in [6.45, 7) is 0. The molecule has 0 spiro atoms. The van der Waals surface area contributed by atoms with Crippen molar-refractivity contribution < 1.29 is 4.79 Å². The maximum Gasteiger partial charge on any atom is 0.196 e. The van der Waals surface area contributed by atoms with E-state index in [0.29, 0.717) is 16.1 Å². The van der Waals surface area contributed by atoms with Gasteiger partial charge in [0.2, 0.25) is 0 Å². The molecular formula is C14H13ClN2O. The smallest absolute Gasteiger partial charge is 0.196 e. The lowest BCUT2D eigenvalue weighted by molar-refractivity contribution is 0.103. The number of hydrogen-bond acceptors (Lipinski definition) is 3. The molecule has 1 aromatic heterocycles. The SMILES string of the molecule is CN(C)c1ccc(C(=O)c2ccccc2Cl)cn1. The molecule has 0 radical (unpaired) electrons. The molecule has 0 fully saturated rings. The van der Waals surface area contributed by atoms with Crippen LogP contribution < -0.4 is 4.90 Å². The van der Waals surface area contributed by atoms with E-state index in [0.717, 1.165) is 5.82 Å². The van der Waals surface area contributed by atoms with Crippen LogP contribution in [0.1, 0.15) is 15.9 Å². The molecule has 4 heteroatoms. The second-order valence-corrected chi connectivity index (χ2v) is 4.52. The summed E-state index contributed by atoms with van der Waals surface area (Å²) >= 11 is 6.00. The van der Waals surface area contributed by atoms with Crippen LogP contribution in [0, 0.1) is 0 Å². The first-order valence-corrected chi connectivity index (χ1v) is 5.90.